The van der Waals surface area contributed by atoms with Gasteiger partial charge >= 0.3 is 0 Å². The molecule has 2 atom stereocenters. The highest BCUT2D eigenvalue weighted by atomic mass is 16.5. The fourth-order valence-corrected chi connectivity index (χ4v) is 3.21. The fraction of sp³-hybridized carbons (Fsp3) is 0.750. The van der Waals surface area contributed by atoms with Crippen LogP contribution in [0.2, 0.25) is 0 Å². The molecule has 122 valence electrons. The van der Waals surface area contributed by atoms with Crippen LogP contribution in [0, 0.1) is 0 Å². The van der Waals surface area contributed by atoms with Crippen molar-refractivity contribution in [3.8, 4) is 0 Å². The third-order valence-electron chi connectivity index (χ3n) is 4.40. The molecule has 6 heteroatoms. The lowest BCUT2D eigenvalue weighted by molar-refractivity contribution is -0.00192. The van der Waals surface area contributed by atoms with Gasteiger partial charge in [-0.05, 0) is 31.7 Å². The summed E-state index contributed by atoms with van der Waals surface area (Å²) in [4.78, 5) is 13.2. The van der Waals surface area contributed by atoms with Gasteiger partial charge in [0.25, 0.3) is 0 Å². The largest absolute Gasteiger partial charge is 0.377 e. The number of rotatable bonds is 5. The molecule has 2 saturated heterocycles. The van der Waals surface area contributed by atoms with Gasteiger partial charge in [-0.15, -0.1) is 0 Å². The summed E-state index contributed by atoms with van der Waals surface area (Å²) in [6.45, 7) is 4.23. The van der Waals surface area contributed by atoms with Crippen molar-refractivity contribution in [2.75, 3.05) is 50.6 Å². The first-order valence-electron chi connectivity index (χ1n) is 8.31. The monoisotopic (exact) mass is 305 g/mol. The third kappa shape index (κ3) is 4.08. The van der Waals surface area contributed by atoms with Crippen molar-refractivity contribution in [2.24, 2.45) is 0 Å². The van der Waals surface area contributed by atoms with Crippen molar-refractivity contribution in [2.45, 2.75) is 37.8 Å². The van der Waals surface area contributed by atoms with Gasteiger partial charge in [0.2, 0.25) is 5.95 Å². The van der Waals surface area contributed by atoms with Gasteiger partial charge in [-0.3, -0.25) is 4.90 Å². The van der Waals surface area contributed by atoms with Crippen molar-refractivity contribution >= 4 is 11.8 Å². The summed E-state index contributed by atoms with van der Waals surface area (Å²) in [5, 5.41) is 3.54. The lowest BCUT2D eigenvalue weighted by Gasteiger charge is -2.27. The first kappa shape index (κ1) is 15.5. The molecule has 1 N–H and O–H groups in total. The average Bonchev–Trinajstić information content (AvgIpc) is 2.95. The first-order chi connectivity index (χ1) is 10.7. The predicted octanol–water partition coefficient (Wildman–Crippen LogP) is 1.60. The van der Waals surface area contributed by atoms with E-state index in [0.717, 1.165) is 44.4 Å². The van der Waals surface area contributed by atoms with E-state index in [1.807, 2.05) is 31.3 Å². The van der Waals surface area contributed by atoms with E-state index in [0.29, 0.717) is 12.1 Å². The Hall–Kier alpha value is -1.40. The van der Waals surface area contributed by atoms with E-state index in [-0.39, 0.29) is 0 Å². The molecular formula is C16H27N5O. The molecule has 3 heterocycles. The Morgan fingerprint density at radius 1 is 1.36 bits per heavy atom. The maximum Gasteiger partial charge on any atom is 0.226 e. The van der Waals surface area contributed by atoms with E-state index in [2.05, 4.69) is 20.2 Å². The summed E-state index contributed by atoms with van der Waals surface area (Å²) in [6, 6.07) is 2.41. The van der Waals surface area contributed by atoms with Crippen molar-refractivity contribution in [1.29, 1.82) is 0 Å². The topological polar surface area (TPSA) is 53.5 Å². The van der Waals surface area contributed by atoms with Gasteiger partial charge in [0.05, 0.1) is 6.10 Å². The molecule has 3 rings (SSSR count). The zero-order valence-corrected chi connectivity index (χ0v) is 13.7. The molecule has 1 aromatic heterocycles. The second-order valence-electron chi connectivity index (χ2n) is 6.51. The minimum absolute atomic E-state index is 0.437. The minimum Gasteiger partial charge on any atom is -0.377 e. The van der Waals surface area contributed by atoms with Gasteiger partial charge in [-0.25, -0.2) is 4.98 Å². The molecule has 0 radical (unpaired) electrons. The van der Waals surface area contributed by atoms with Crippen LogP contribution in [-0.4, -0.2) is 67.4 Å². The standard InChI is InChI=1S/C16H27N5O/c1-20(2)16-17-8-6-15(19-16)18-13-7-9-21(11-13)12-14-5-3-4-10-22-14/h6,8,13-14H,3-5,7,9-12H2,1-2H3,(H,17,18,19). The summed E-state index contributed by atoms with van der Waals surface area (Å²) >= 11 is 0. The number of nitrogens with zero attached hydrogens (tertiary/aromatic N) is 4. The molecule has 0 bridgehead atoms. The van der Waals surface area contributed by atoms with Gasteiger partial charge < -0.3 is 15.0 Å². The van der Waals surface area contributed by atoms with Gasteiger partial charge in [0.15, 0.2) is 0 Å². The Labute approximate surface area is 132 Å². The lowest BCUT2D eigenvalue weighted by atomic mass is 10.1. The Balaban J connectivity index is 1.49. The smallest absolute Gasteiger partial charge is 0.226 e. The summed E-state index contributed by atoms with van der Waals surface area (Å²) in [7, 11) is 3.92. The molecule has 2 unspecified atom stereocenters. The van der Waals surface area contributed by atoms with E-state index in [1.54, 1.807) is 0 Å². The fourth-order valence-electron chi connectivity index (χ4n) is 3.21. The quantitative estimate of drug-likeness (QED) is 0.892. The zero-order chi connectivity index (χ0) is 15.4. The molecule has 0 spiro atoms. The minimum atomic E-state index is 0.437. The van der Waals surface area contributed by atoms with Crippen LogP contribution < -0.4 is 10.2 Å². The van der Waals surface area contributed by atoms with Crippen LogP contribution in [0.5, 0.6) is 0 Å². The molecule has 2 fully saturated rings. The number of hydrogen-bond donors (Lipinski definition) is 1. The summed E-state index contributed by atoms with van der Waals surface area (Å²) in [5.41, 5.74) is 0. The maximum atomic E-state index is 5.85. The number of anilines is 2. The second kappa shape index (κ2) is 7.24. The summed E-state index contributed by atoms with van der Waals surface area (Å²) in [6.07, 6.45) is 7.16. The Bertz CT molecular complexity index is 475. The molecule has 2 aliphatic heterocycles. The molecule has 1 aromatic rings. The van der Waals surface area contributed by atoms with Crippen LogP contribution in [0.4, 0.5) is 11.8 Å². The highest BCUT2D eigenvalue weighted by Gasteiger charge is 2.26. The van der Waals surface area contributed by atoms with E-state index >= 15 is 0 Å². The third-order valence-corrected chi connectivity index (χ3v) is 4.40. The Kier molecular flexibility index (Phi) is 5.10. The molecule has 0 aromatic carbocycles. The van der Waals surface area contributed by atoms with Gasteiger partial charge in [0, 0.05) is 52.6 Å². The average molecular weight is 305 g/mol. The molecular weight excluding hydrogens is 278 g/mol. The summed E-state index contributed by atoms with van der Waals surface area (Å²) in [5.74, 6) is 1.66. The van der Waals surface area contributed by atoms with Crippen LogP contribution in [0.3, 0.4) is 0 Å². The number of likely N-dealkylation sites (tertiary alicyclic amines) is 1. The predicted molar refractivity (Wildman–Crippen MR) is 88.4 cm³/mol. The van der Waals surface area contributed by atoms with Crippen LogP contribution >= 0.6 is 0 Å². The number of hydrogen-bond acceptors (Lipinski definition) is 6. The van der Waals surface area contributed by atoms with Crippen molar-refractivity contribution in [3.63, 3.8) is 0 Å². The van der Waals surface area contributed by atoms with Crippen molar-refractivity contribution in [3.05, 3.63) is 12.3 Å². The number of ether oxygens (including phenoxy) is 1. The zero-order valence-electron chi connectivity index (χ0n) is 13.7. The molecule has 0 saturated carbocycles. The van der Waals surface area contributed by atoms with Crippen LogP contribution in [-0.2, 0) is 4.74 Å². The second-order valence-corrected chi connectivity index (χ2v) is 6.51. The molecule has 0 amide bonds. The normalized spacial score (nSPS) is 26.1. The number of aromatic nitrogens is 2. The van der Waals surface area contributed by atoms with Crippen LogP contribution in [0.25, 0.3) is 0 Å². The summed E-state index contributed by atoms with van der Waals surface area (Å²) < 4.78 is 5.85. The van der Waals surface area contributed by atoms with Gasteiger partial charge in [0.1, 0.15) is 5.82 Å². The van der Waals surface area contributed by atoms with Crippen LogP contribution in [0.1, 0.15) is 25.7 Å². The molecule has 6 nitrogen and oxygen atoms in total. The van der Waals surface area contributed by atoms with Gasteiger partial charge in [-0.1, -0.05) is 0 Å². The SMILES string of the molecule is CN(C)c1nccc(NC2CCN(CC3CCCCO3)C2)n1. The van der Waals surface area contributed by atoms with Gasteiger partial charge in [-0.2, -0.15) is 4.98 Å². The number of nitrogens with one attached hydrogen (secondary N) is 1. The van der Waals surface area contributed by atoms with Crippen molar-refractivity contribution in [1.82, 2.24) is 14.9 Å². The maximum absolute atomic E-state index is 5.85. The molecule has 22 heavy (non-hydrogen) atoms. The van der Waals surface area contributed by atoms with Crippen LogP contribution in [0.15, 0.2) is 12.3 Å². The van der Waals surface area contributed by atoms with E-state index in [1.165, 1.54) is 19.3 Å². The van der Waals surface area contributed by atoms with E-state index in [4.69, 9.17) is 4.74 Å². The Morgan fingerprint density at radius 3 is 3.05 bits per heavy atom. The van der Waals surface area contributed by atoms with E-state index in [9.17, 15) is 0 Å². The molecule has 2 aliphatic rings. The molecule has 0 aliphatic carbocycles. The Morgan fingerprint density at radius 2 is 2.27 bits per heavy atom. The lowest BCUT2D eigenvalue weighted by Crippen LogP contribution is -2.35. The van der Waals surface area contributed by atoms with E-state index < -0.39 is 0 Å². The first-order valence-corrected chi connectivity index (χ1v) is 8.31. The van der Waals surface area contributed by atoms with Crippen molar-refractivity contribution < 1.29 is 4.74 Å². The highest BCUT2D eigenvalue weighted by molar-refractivity contribution is 5.41. The highest BCUT2D eigenvalue weighted by Crippen LogP contribution is 2.19.